The zero-order valence-electron chi connectivity index (χ0n) is 28.6. The van der Waals surface area contributed by atoms with E-state index in [1.54, 1.807) is 0 Å². The van der Waals surface area contributed by atoms with Crippen LogP contribution in [0.25, 0.3) is 94.2 Å². The van der Waals surface area contributed by atoms with Gasteiger partial charge in [0.1, 0.15) is 17.0 Å². The van der Waals surface area contributed by atoms with Crippen LogP contribution in [0.5, 0.6) is 0 Å². The minimum Gasteiger partial charge on any atom is -0.456 e. The lowest BCUT2D eigenvalue weighted by Gasteiger charge is -2.21. The molecule has 10 aromatic rings. The van der Waals surface area contributed by atoms with Crippen LogP contribution >= 0.6 is 0 Å². The Morgan fingerprint density at radius 2 is 1.41 bits per heavy atom. The molecule has 0 aliphatic carbocycles. The highest BCUT2D eigenvalue weighted by atomic mass is 16.3. The molecule has 0 amide bonds. The Morgan fingerprint density at radius 1 is 0.627 bits per heavy atom. The summed E-state index contributed by atoms with van der Waals surface area (Å²) >= 11 is 0. The van der Waals surface area contributed by atoms with Gasteiger partial charge in [0.15, 0.2) is 0 Å². The number of hydrogen-bond acceptors (Lipinski definition) is 3. The van der Waals surface area contributed by atoms with Crippen LogP contribution in [0.1, 0.15) is 26.3 Å². The van der Waals surface area contributed by atoms with E-state index in [1.165, 1.54) is 16.3 Å². The van der Waals surface area contributed by atoms with E-state index in [-0.39, 0.29) is 5.41 Å². The van der Waals surface area contributed by atoms with E-state index in [4.69, 9.17) is 14.4 Å². The average Bonchev–Trinajstić information content (AvgIpc) is 3.86. The monoisotopic (exact) mass is 658 g/mol. The summed E-state index contributed by atoms with van der Waals surface area (Å²) in [5.74, 6) is 0.890. The van der Waals surface area contributed by atoms with Gasteiger partial charge in [-0.2, -0.15) is 0 Å². The number of rotatable bonds is 4. The van der Waals surface area contributed by atoms with Gasteiger partial charge in [-0.3, -0.25) is 9.55 Å². The van der Waals surface area contributed by atoms with E-state index >= 15 is 0 Å². The van der Waals surface area contributed by atoms with Gasteiger partial charge >= 0.3 is 0 Å². The number of H-pyrrole nitrogens is 1. The number of aromatic nitrogens is 4. The summed E-state index contributed by atoms with van der Waals surface area (Å²) in [5.41, 5.74) is 13.1. The van der Waals surface area contributed by atoms with Gasteiger partial charge in [0.25, 0.3) is 0 Å². The maximum atomic E-state index is 6.52. The predicted octanol–water partition coefficient (Wildman–Crippen LogP) is 12.3. The molecule has 5 nitrogen and oxygen atoms in total. The highest BCUT2D eigenvalue weighted by molar-refractivity contribution is 6.15. The first-order valence-corrected chi connectivity index (χ1v) is 17.4. The second kappa shape index (κ2) is 11.0. The molecule has 0 saturated carbocycles. The van der Waals surface area contributed by atoms with E-state index in [1.807, 2.05) is 30.5 Å². The lowest BCUT2D eigenvalue weighted by atomic mass is 9.85. The maximum Gasteiger partial charge on any atom is 0.147 e. The zero-order valence-corrected chi connectivity index (χ0v) is 28.6. The van der Waals surface area contributed by atoms with Crippen LogP contribution in [0, 0.1) is 0 Å². The third kappa shape index (κ3) is 4.62. The Labute approximate surface area is 294 Å². The Kier molecular flexibility index (Phi) is 6.37. The summed E-state index contributed by atoms with van der Waals surface area (Å²) in [5, 5.41) is 4.56. The van der Waals surface area contributed by atoms with E-state index in [9.17, 15) is 0 Å². The number of nitrogens with one attached hydrogen (secondary N) is 1. The number of furan rings is 1. The summed E-state index contributed by atoms with van der Waals surface area (Å²) in [4.78, 5) is 14.2. The minimum atomic E-state index is -0.0695. The standard InChI is InChI=1S/C46H34N4O/c1-46(2,3)29-26-34-32-16-7-9-20-38(32)48-43(34)36(27-29)45-49-44-31(18-13-21-39(44)50(45)30-14-5-4-6-15-30)28-24-35(37-19-11-12-23-47-37)42-33-17-8-10-22-40(33)51-41(42)25-28/h4-27,48H,1-3H3. The summed E-state index contributed by atoms with van der Waals surface area (Å²) in [7, 11) is 0. The Hall–Kier alpha value is -6.46. The number of hydrogen-bond donors (Lipinski definition) is 1. The first kappa shape index (κ1) is 29.5. The molecule has 0 unspecified atom stereocenters. The van der Waals surface area contributed by atoms with Crippen molar-refractivity contribution in [3.8, 4) is 39.5 Å². The second-order valence-corrected chi connectivity index (χ2v) is 14.4. The van der Waals surface area contributed by atoms with Gasteiger partial charge in [-0.15, -0.1) is 0 Å². The molecule has 0 atom stereocenters. The fourth-order valence-electron chi connectivity index (χ4n) is 7.65. The van der Waals surface area contributed by atoms with Gasteiger partial charge < -0.3 is 9.40 Å². The third-order valence-electron chi connectivity index (χ3n) is 10.2. The number of aromatic amines is 1. The smallest absolute Gasteiger partial charge is 0.147 e. The molecule has 4 heterocycles. The fourth-order valence-corrected chi connectivity index (χ4v) is 7.65. The second-order valence-electron chi connectivity index (χ2n) is 14.4. The van der Waals surface area contributed by atoms with Crippen molar-refractivity contribution >= 4 is 54.8 Å². The van der Waals surface area contributed by atoms with Crippen molar-refractivity contribution in [3.05, 3.63) is 151 Å². The van der Waals surface area contributed by atoms with Crippen LogP contribution in [0.3, 0.4) is 0 Å². The number of imidazole rings is 1. The number of para-hydroxylation sites is 4. The highest BCUT2D eigenvalue weighted by Gasteiger charge is 2.25. The average molecular weight is 659 g/mol. The number of benzene rings is 6. The molecule has 0 saturated heterocycles. The number of nitrogens with zero attached hydrogens (tertiary/aromatic N) is 3. The van der Waals surface area contributed by atoms with E-state index in [0.717, 1.165) is 83.5 Å². The first-order chi connectivity index (χ1) is 24.9. The summed E-state index contributed by atoms with van der Waals surface area (Å²) in [6.07, 6.45) is 1.85. The molecule has 0 bridgehead atoms. The molecule has 0 spiro atoms. The lowest BCUT2D eigenvalue weighted by Crippen LogP contribution is -2.11. The summed E-state index contributed by atoms with van der Waals surface area (Å²) in [6.45, 7) is 6.83. The van der Waals surface area contributed by atoms with Gasteiger partial charge in [0, 0.05) is 55.6 Å². The first-order valence-electron chi connectivity index (χ1n) is 17.4. The zero-order chi connectivity index (χ0) is 34.3. The Balaban J connectivity index is 1.30. The quantitative estimate of drug-likeness (QED) is 0.205. The van der Waals surface area contributed by atoms with Gasteiger partial charge in [-0.05, 0) is 83.3 Å². The molecule has 0 fully saturated rings. The summed E-state index contributed by atoms with van der Waals surface area (Å²) in [6, 6.07) is 49.0. The molecule has 10 rings (SSSR count). The predicted molar refractivity (Wildman–Crippen MR) is 211 cm³/mol. The molecule has 5 heteroatoms. The molecule has 1 N–H and O–H groups in total. The largest absolute Gasteiger partial charge is 0.456 e. The molecule has 0 radical (unpaired) electrons. The molecule has 0 aliphatic heterocycles. The van der Waals surface area contributed by atoms with Gasteiger partial charge in [-0.25, -0.2) is 4.98 Å². The van der Waals surface area contributed by atoms with Crippen molar-refractivity contribution in [2.24, 2.45) is 0 Å². The van der Waals surface area contributed by atoms with E-state index in [0.29, 0.717) is 0 Å². The van der Waals surface area contributed by atoms with Crippen molar-refractivity contribution in [2.45, 2.75) is 26.2 Å². The van der Waals surface area contributed by atoms with Crippen molar-refractivity contribution in [3.63, 3.8) is 0 Å². The Morgan fingerprint density at radius 3 is 2.24 bits per heavy atom. The SMILES string of the molecule is CC(C)(C)c1cc(-c2nc3c(-c4cc(-c5ccccn5)c5c(c4)oc4ccccc45)cccc3n2-c2ccccc2)c2[nH]c3ccccc3c2c1. The fraction of sp³-hybridized carbons (Fsp3) is 0.0870. The molecule has 0 aliphatic rings. The number of pyridine rings is 1. The molecule has 4 aromatic heterocycles. The van der Waals surface area contributed by atoms with Crippen LogP contribution in [-0.4, -0.2) is 19.5 Å². The maximum absolute atomic E-state index is 6.52. The van der Waals surface area contributed by atoms with E-state index < -0.39 is 0 Å². The Bertz CT molecular complexity index is 2940. The van der Waals surface area contributed by atoms with Crippen LogP contribution in [-0.2, 0) is 5.41 Å². The van der Waals surface area contributed by atoms with Crippen LogP contribution in [0.15, 0.2) is 150 Å². The van der Waals surface area contributed by atoms with Crippen molar-refractivity contribution in [2.75, 3.05) is 0 Å². The van der Waals surface area contributed by atoms with E-state index in [2.05, 4.69) is 146 Å². The van der Waals surface area contributed by atoms with Crippen LogP contribution in [0.4, 0.5) is 0 Å². The van der Waals surface area contributed by atoms with Crippen LogP contribution < -0.4 is 0 Å². The summed E-state index contributed by atoms with van der Waals surface area (Å²) < 4.78 is 8.83. The normalized spacial score (nSPS) is 12.2. The third-order valence-corrected chi connectivity index (χ3v) is 10.2. The van der Waals surface area contributed by atoms with Crippen LogP contribution in [0.2, 0.25) is 0 Å². The molecule has 244 valence electrons. The highest BCUT2D eigenvalue weighted by Crippen LogP contribution is 2.43. The topological polar surface area (TPSA) is 59.6 Å². The molecular formula is C46H34N4O. The van der Waals surface area contributed by atoms with Gasteiger partial charge in [0.05, 0.1) is 22.2 Å². The van der Waals surface area contributed by atoms with Gasteiger partial charge in [-0.1, -0.05) is 93.6 Å². The lowest BCUT2D eigenvalue weighted by molar-refractivity contribution is 0.591. The molecule has 51 heavy (non-hydrogen) atoms. The van der Waals surface area contributed by atoms with Crippen molar-refractivity contribution in [1.82, 2.24) is 19.5 Å². The minimum absolute atomic E-state index is 0.0695. The van der Waals surface area contributed by atoms with Crippen molar-refractivity contribution in [1.29, 1.82) is 0 Å². The molecule has 6 aromatic carbocycles. The van der Waals surface area contributed by atoms with Gasteiger partial charge in [0.2, 0.25) is 0 Å². The molecular weight excluding hydrogens is 625 g/mol. The number of fused-ring (bicyclic) bond motifs is 7. The van der Waals surface area contributed by atoms with Crippen molar-refractivity contribution < 1.29 is 4.42 Å².